The average Bonchev–Trinajstić information content (AvgIpc) is 3.16. The fourth-order valence-electron chi connectivity index (χ4n) is 3.83. The van der Waals surface area contributed by atoms with E-state index in [4.69, 9.17) is 21.1 Å². The van der Waals surface area contributed by atoms with Crippen LogP contribution < -0.4 is 4.74 Å². The van der Waals surface area contributed by atoms with Gasteiger partial charge in [-0.05, 0) is 48.2 Å². The van der Waals surface area contributed by atoms with Crippen LogP contribution in [0.2, 0.25) is 5.02 Å². The topological polar surface area (TPSA) is 55.8 Å². The SMILES string of the molecule is COC(=O)[C@H](c1ccccc1Cl)N1CCc2sc(OC(=O)c3ccccc3C)cc2C1. The van der Waals surface area contributed by atoms with Gasteiger partial charge in [0.2, 0.25) is 0 Å². The van der Waals surface area contributed by atoms with E-state index in [1.165, 1.54) is 18.4 Å². The van der Waals surface area contributed by atoms with Crippen LogP contribution in [-0.4, -0.2) is 30.5 Å². The molecule has 3 aromatic rings. The fraction of sp³-hybridized carbons (Fsp3) is 0.250. The molecule has 5 nitrogen and oxygen atoms in total. The van der Waals surface area contributed by atoms with E-state index >= 15 is 0 Å². The molecule has 0 bridgehead atoms. The van der Waals surface area contributed by atoms with Crippen molar-refractivity contribution < 1.29 is 19.1 Å². The number of ether oxygens (including phenoxy) is 2. The van der Waals surface area contributed by atoms with Crippen molar-refractivity contribution in [3.05, 3.63) is 86.8 Å². The van der Waals surface area contributed by atoms with Crippen molar-refractivity contribution in [3.8, 4) is 5.06 Å². The summed E-state index contributed by atoms with van der Waals surface area (Å²) in [4.78, 5) is 28.4. The summed E-state index contributed by atoms with van der Waals surface area (Å²) in [6, 6.07) is 16.0. The molecule has 0 N–H and O–H groups in total. The fourth-order valence-corrected chi connectivity index (χ4v) is 5.08. The summed E-state index contributed by atoms with van der Waals surface area (Å²) < 4.78 is 10.7. The average molecular weight is 456 g/mol. The molecule has 0 unspecified atom stereocenters. The Morgan fingerprint density at radius 1 is 1.13 bits per heavy atom. The van der Waals surface area contributed by atoms with E-state index in [1.54, 1.807) is 12.1 Å². The molecule has 0 fully saturated rings. The molecular formula is C24H22ClNO4S. The highest BCUT2D eigenvalue weighted by Gasteiger charge is 2.33. The molecule has 4 rings (SSSR count). The number of carbonyl (C=O) groups is 2. The lowest BCUT2D eigenvalue weighted by atomic mass is 10.0. The van der Waals surface area contributed by atoms with E-state index in [9.17, 15) is 9.59 Å². The third kappa shape index (κ3) is 4.51. The molecular weight excluding hydrogens is 434 g/mol. The Hall–Kier alpha value is -2.67. The summed E-state index contributed by atoms with van der Waals surface area (Å²) in [6.07, 6.45) is 0.750. The Bertz CT molecular complexity index is 1130. The van der Waals surface area contributed by atoms with Crippen molar-refractivity contribution in [2.24, 2.45) is 0 Å². The lowest BCUT2D eigenvalue weighted by molar-refractivity contribution is -0.147. The van der Waals surface area contributed by atoms with E-state index in [1.807, 2.05) is 49.4 Å². The van der Waals surface area contributed by atoms with Gasteiger partial charge < -0.3 is 9.47 Å². The second-order valence-electron chi connectivity index (χ2n) is 7.39. The summed E-state index contributed by atoms with van der Waals surface area (Å²) in [5.41, 5.74) is 3.20. The predicted octanol–water partition coefficient (Wildman–Crippen LogP) is 5.20. The number of thiophene rings is 1. The molecule has 1 aromatic heterocycles. The van der Waals surface area contributed by atoms with Crippen molar-refractivity contribution in [1.29, 1.82) is 0 Å². The molecule has 31 heavy (non-hydrogen) atoms. The maximum absolute atomic E-state index is 12.6. The zero-order valence-electron chi connectivity index (χ0n) is 17.3. The number of nitrogens with zero attached hydrogens (tertiary/aromatic N) is 1. The van der Waals surface area contributed by atoms with Gasteiger partial charge in [-0.2, -0.15) is 0 Å². The molecule has 0 amide bonds. The molecule has 160 valence electrons. The highest BCUT2D eigenvalue weighted by molar-refractivity contribution is 7.14. The van der Waals surface area contributed by atoms with Gasteiger partial charge in [-0.25, -0.2) is 9.59 Å². The van der Waals surface area contributed by atoms with Crippen LogP contribution in [0.15, 0.2) is 54.6 Å². The molecule has 2 aromatic carbocycles. The van der Waals surface area contributed by atoms with Crippen molar-refractivity contribution >= 4 is 34.9 Å². The maximum atomic E-state index is 12.6. The Morgan fingerprint density at radius 3 is 2.61 bits per heavy atom. The summed E-state index contributed by atoms with van der Waals surface area (Å²) in [5, 5.41) is 1.09. The van der Waals surface area contributed by atoms with Gasteiger partial charge in [-0.15, -0.1) is 11.3 Å². The van der Waals surface area contributed by atoms with E-state index in [0.29, 0.717) is 28.7 Å². The molecule has 0 spiro atoms. The number of carbonyl (C=O) groups excluding carboxylic acids is 2. The molecule has 0 saturated heterocycles. The zero-order chi connectivity index (χ0) is 22.0. The number of methoxy groups -OCH3 is 1. The molecule has 0 aliphatic carbocycles. The second-order valence-corrected chi connectivity index (χ2v) is 8.89. The molecule has 1 atom stereocenters. The normalized spacial score (nSPS) is 14.5. The second kappa shape index (κ2) is 9.22. The molecule has 2 heterocycles. The number of hydrogen-bond acceptors (Lipinski definition) is 6. The van der Waals surface area contributed by atoms with Gasteiger partial charge in [0.1, 0.15) is 6.04 Å². The zero-order valence-corrected chi connectivity index (χ0v) is 18.8. The number of esters is 2. The van der Waals surface area contributed by atoms with Gasteiger partial charge in [-0.1, -0.05) is 48.0 Å². The quantitative estimate of drug-likeness (QED) is 0.495. The van der Waals surface area contributed by atoms with Crippen LogP contribution >= 0.6 is 22.9 Å². The summed E-state index contributed by atoms with van der Waals surface area (Å²) in [7, 11) is 1.38. The van der Waals surface area contributed by atoms with Crippen LogP contribution in [0.3, 0.4) is 0 Å². The van der Waals surface area contributed by atoms with E-state index in [0.717, 1.165) is 28.0 Å². The molecule has 7 heteroatoms. The number of hydrogen-bond donors (Lipinski definition) is 0. The van der Waals surface area contributed by atoms with E-state index in [-0.39, 0.29) is 11.9 Å². The number of benzene rings is 2. The number of rotatable bonds is 5. The van der Waals surface area contributed by atoms with Gasteiger partial charge >= 0.3 is 11.9 Å². The van der Waals surface area contributed by atoms with Crippen LogP contribution in [0.1, 0.15) is 38.0 Å². The first-order valence-corrected chi connectivity index (χ1v) is 11.1. The largest absolute Gasteiger partial charge is 0.468 e. The first kappa shape index (κ1) is 21.6. The molecule has 1 aliphatic heterocycles. The maximum Gasteiger partial charge on any atom is 0.344 e. The lowest BCUT2D eigenvalue weighted by Gasteiger charge is -2.33. The summed E-state index contributed by atoms with van der Waals surface area (Å²) >= 11 is 7.86. The van der Waals surface area contributed by atoms with Gasteiger partial charge in [0.15, 0.2) is 5.06 Å². The standard InChI is InChI=1S/C24H22ClNO4S/c1-15-7-3-4-8-17(15)23(27)30-21-13-16-14-26(12-11-20(16)31-21)22(24(28)29-2)18-9-5-6-10-19(18)25/h3-10,13,22H,11-12,14H2,1-2H3/t22-/m0/s1. The van der Waals surface area contributed by atoms with Crippen LogP contribution in [0.25, 0.3) is 0 Å². The Kier molecular flexibility index (Phi) is 6.41. The Labute approximate surface area is 190 Å². The minimum Gasteiger partial charge on any atom is -0.468 e. The first-order chi connectivity index (χ1) is 15.0. The van der Waals surface area contributed by atoms with Gasteiger partial charge in [0.05, 0.1) is 12.7 Å². The van der Waals surface area contributed by atoms with Crippen molar-refractivity contribution in [1.82, 2.24) is 4.90 Å². The monoisotopic (exact) mass is 455 g/mol. The van der Waals surface area contributed by atoms with Crippen LogP contribution in [0.4, 0.5) is 0 Å². The lowest BCUT2D eigenvalue weighted by Crippen LogP contribution is -2.38. The highest BCUT2D eigenvalue weighted by Crippen LogP contribution is 2.38. The Balaban J connectivity index is 1.55. The molecule has 0 saturated carbocycles. The third-order valence-corrected chi connectivity index (χ3v) is 6.88. The molecule has 0 radical (unpaired) electrons. The van der Waals surface area contributed by atoms with E-state index < -0.39 is 6.04 Å². The van der Waals surface area contributed by atoms with Crippen molar-refractivity contribution in [2.75, 3.05) is 13.7 Å². The Morgan fingerprint density at radius 2 is 1.87 bits per heavy atom. The summed E-state index contributed by atoms with van der Waals surface area (Å²) in [6.45, 7) is 3.10. The number of fused-ring (bicyclic) bond motifs is 1. The van der Waals surface area contributed by atoms with Crippen molar-refractivity contribution in [3.63, 3.8) is 0 Å². The minimum atomic E-state index is -0.593. The molecule has 1 aliphatic rings. The van der Waals surface area contributed by atoms with Crippen LogP contribution in [0, 0.1) is 6.92 Å². The van der Waals surface area contributed by atoms with Gasteiger partial charge in [0.25, 0.3) is 0 Å². The smallest absolute Gasteiger partial charge is 0.344 e. The first-order valence-electron chi connectivity index (χ1n) is 9.93. The van der Waals surface area contributed by atoms with Gasteiger partial charge in [0, 0.05) is 23.0 Å². The van der Waals surface area contributed by atoms with Crippen molar-refractivity contribution in [2.45, 2.75) is 25.9 Å². The summed E-state index contributed by atoms with van der Waals surface area (Å²) in [5.74, 6) is -0.713. The highest BCUT2D eigenvalue weighted by atomic mass is 35.5. The predicted molar refractivity (Wildman–Crippen MR) is 121 cm³/mol. The van der Waals surface area contributed by atoms with Crippen LogP contribution in [0.5, 0.6) is 5.06 Å². The number of aryl methyl sites for hydroxylation is 1. The van der Waals surface area contributed by atoms with Gasteiger partial charge in [-0.3, -0.25) is 4.90 Å². The van der Waals surface area contributed by atoms with E-state index in [2.05, 4.69) is 4.90 Å². The number of halogens is 1. The van der Waals surface area contributed by atoms with Crippen LogP contribution in [-0.2, 0) is 22.5 Å². The third-order valence-electron chi connectivity index (χ3n) is 5.42. The minimum absolute atomic E-state index is 0.349.